The van der Waals surface area contributed by atoms with E-state index in [1.165, 1.54) is 0 Å². The van der Waals surface area contributed by atoms with E-state index in [2.05, 4.69) is 21.9 Å². The van der Waals surface area contributed by atoms with Crippen molar-refractivity contribution in [2.75, 3.05) is 24.4 Å². The summed E-state index contributed by atoms with van der Waals surface area (Å²) in [4.78, 5) is 31.9. The van der Waals surface area contributed by atoms with Crippen molar-refractivity contribution in [3.05, 3.63) is 59.7 Å². The predicted molar refractivity (Wildman–Crippen MR) is 167 cm³/mol. The molecule has 1 aliphatic carbocycles. The molecule has 0 bridgehead atoms. The van der Waals surface area contributed by atoms with Crippen molar-refractivity contribution < 1.29 is 23.1 Å². The lowest BCUT2D eigenvalue weighted by atomic mass is 9.78. The van der Waals surface area contributed by atoms with Crippen LogP contribution in [0.25, 0.3) is 0 Å². The molecule has 1 spiro atoms. The monoisotopic (exact) mass is 610 g/mol. The minimum absolute atomic E-state index is 0.0521. The molecule has 2 amide bonds. The summed E-state index contributed by atoms with van der Waals surface area (Å²) in [6.07, 6.45) is 7.03. The predicted octanol–water partition coefficient (Wildman–Crippen LogP) is 4.20. The maximum atomic E-state index is 13.8. The summed E-state index contributed by atoms with van der Waals surface area (Å²) >= 11 is 0. The molecule has 3 N–H and O–H groups in total. The molecule has 2 aliphatic heterocycles. The molecule has 5 rings (SSSR count). The highest BCUT2D eigenvalue weighted by Gasteiger charge is 2.55. The van der Waals surface area contributed by atoms with Gasteiger partial charge in [0.05, 0.1) is 11.0 Å². The molecule has 234 valence electrons. The van der Waals surface area contributed by atoms with Gasteiger partial charge in [-0.25, -0.2) is 8.42 Å². The number of likely N-dealkylation sites (tertiary alicyclic amines) is 1. The van der Waals surface area contributed by atoms with Gasteiger partial charge in [0, 0.05) is 31.9 Å². The minimum atomic E-state index is -3.67. The van der Waals surface area contributed by atoms with Crippen LogP contribution in [0.15, 0.2) is 53.4 Å². The summed E-state index contributed by atoms with van der Waals surface area (Å²) in [7, 11) is -3.67. The molecule has 0 aromatic heterocycles. The molecule has 10 heteroatoms. The Morgan fingerprint density at radius 3 is 2.28 bits per heavy atom. The first-order valence-electron chi connectivity index (χ1n) is 15.8. The molecule has 2 aromatic carbocycles. The highest BCUT2D eigenvalue weighted by molar-refractivity contribution is 7.92. The normalized spacial score (nSPS) is 22.4. The Labute approximate surface area is 256 Å². The first kappa shape index (κ1) is 31.5. The molecule has 9 nitrogen and oxygen atoms in total. The quantitative estimate of drug-likeness (QED) is 0.371. The zero-order valence-electron chi connectivity index (χ0n) is 25.4. The van der Waals surface area contributed by atoms with Crippen LogP contribution in [0.2, 0.25) is 0 Å². The number of aliphatic hydroxyl groups excluding tert-OH is 1. The standard InChI is InChI=1S/C33H46N4O5S/c1-3-4-20-37-31(39)29(30(38)26-8-6-5-7-9-26)34-32(40)33(37)18-21-36(22-19-33)23-25-12-14-27(15-13-25)35-43(41,42)28-16-10-24(2)11-17-28/h10-17,26,29-30,35,38H,3-9,18-23H2,1-2H3,(H,34,40)/t29-,30-/m1/s1. The van der Waals surface area contributed by atoms with Crippen LogP contribution in [0.5, 0.6) is 0 Å². The summed E-state index contributed by atoms with van der Waals surface area (Å²) in [5.74, 6) is -0.215. The van der Waals surface area contributed by atoms with Gasteiger partial charge in [-0.05, 0) is 74.8 Å². The average molecular weight is 611 g/mol. The van der Waals surface area contributed by atoms with Gasteiger partial charge in [0.25, 0.3) is 10.0 Å². The second-order valence-electron chi connectivity index (χ2n) is 12.6. The van der Waals surface area contributed by atoms with Crippen molar-refractivity contribution in [2.45, 2.75) is 101 Å². The number of hydrogen-bond acceptors (Lipinski definition) is 6. The third-order valence-electron chi connectivity index (χ3n) is 9.59. The van der Waals surface area contributed by atoms with Crippen LogP contribution in [-0.4, -0.2) is 72.5 Å². The van der Waals surface area contributed by atoms with Gasteiger partial charge in [-0.15, -0.1) is 0 Å². The molecule has 2 heterocycles. The van der Waals surface area contributed by atoms with Crippen molar-refractivity contribution in [3.63, 3.8) is 0 Å². The fourth-order valence-corrected chi connectivity index (χ4v) is 7.96. The Morgan fingerprint density at radius 1 is 1.00 bits per heavy atom. The molecule has 0 unspecified atom stereocenters. The second kappa shape index (κ2) is 13.4. The summed E-state index contributed by atoms with van der Waals surface area (Å²) in [6, 6.07) is 13.2. The van der Waals surface area contributed by atoms with Gasteiger partial charge in [-0.3, -0.25) is 19.2 Å². The van der Waals surface area contributed by atoms with E-state index in [0.29, 0.717) is 44.7 Å². The molecule has 43 heavy (non-hydrogen) atoms. The van der Waals surface area contributed by atoms with E-state index in [0.717, 1.165) is 56.1 Å². The Balaban J connectivity index is 1.21. The summed E-state index contributed by atoms with van der Waals surface area (Å²) in [6.45, 7) is 6.49. The number of amides is 2. The van der Waals surface area contributed by atoms with Gasteiger partial charge in [0.2, 0.25) is 11.8 Å². The van der Waals surface area contributed by atoms with Crippen molar-refractivity contribution >= 4 is 27.5 Å². The van der Waals surface area contributed by atoms with Crippen molar-refractivity contribution in [2.24, 2.45) is 5.92 Å². The first-order chi connectivity index (χ1) is 20.6. The average Bonchev–Trinajstić information content (AvgIpc) is 3.01. The molecular formula is C33H46N4O5S. The summed E-state index contributed by atoms with van der Waals surface area (Å²) < 4.78 is 28.1. The number of piperidine rings is 1. The number of hydrogen-bond donors (Lipinski definition) is 3. The van der Waals surface area contributed by atoms with Crippen molar-refractivity contribution in [3.8, 4) is 0 Å². The van der Waals surface area contributed by atoms with Crippen LogP contribution < -0.4 is 10.0 Å². The van der Waals surface area contributed by atoms with E-state index in [1.807, 2.05) is 19.1 Å². The van der Waals surface area contributed by atoms with Crippen molar-refractivity contribution in [1.29, 1.82) is 0 Å². The number of sulfonamides is 1. The number of aryl methyl sites for hydroxylation is 1. The number of unbranched alkanes of at least 4 members (excludes halogenated alkanes) is 1. The van der Waals surface area contributed by atoms with E-state index in [1.54, 1.807) is 41.3 Å². The van der Waals surface area contributed by atoms with Gasteiger partial charge in [0.15, 0.2) is 0 Å². The van der Waals surface area contributed by atoms with Crippen LogP contribution in [0.3, 0.4) is 0 Å². The number of piperazine rings is 1. The number of anilines is 1. The lowest BCUT2D eigenvalue weighted by molar-refractivity contribution is -0.166. The molecule has 3 fully saturated rings. The number of nitrogens with one attached hydrogen (secondary N) is 2. The van der Waals surface area contributed by atoms with Gasteiger partial charge in [0.1, 0.15) is 11.6 Å². The smallest absolute Gasteiger partial charge is 0.261 e. The first-order valence-corrected chi connectivity index (χ1v) is 17.3. The van der Waals surface area contributed by atoms with Crippen LogP contribution in [-0.2, 0) is 26.2 Å². The third kappa shape index (κ3) is 6.91. The number of carbonyl (C=O) groups excluding carboxylic acids is 2. The van der Waals surface area contributed by atoms with Crippen LogP contribution >= 0.6 is 0 Å². The van der Waals surface area contributed by atoms with Gasteiger partial charge in [-0.1, -0.05) is 62.4 Å². The lowest BCUT2D eigenvalue weighted by Crippen LogP contribution is -2.75. The number of rotatable bonds is 10. The third-order valence-corrected chi connectivity index (χ3v) is 11.0. The van der Waals surface area contributed by atoms with Crippen LogP contribution in [0.4, 0.5) is 5.69 Å². The molecule has 2 aromatic rings. The molecule has 0 radical (unpaired) electrons. The SMILES string of the molecule is CCCCN1C(=O)[C@@H]([C@H](O)C2CCCCC2)NC(=O)C12CCN(Cc1ccc(NS(=O)(=O)c3ccc(C)cc3)cc1)CC2. The number of nitrogens with zero attached hydrogens (tertiary/aromatic N) is 2. The molecule has 2 atom stereocenters. The number of carbonyl (C=O) groups is 2. The van der Waals surface area contributed by atoms with E-state index in [-0.39, 0.29) is 22.6 Å². The number of aliphatic hydroxyl groups is 1. The molecule has 3 aliphatic rings. The Kier molecular flexibility index (Phi) is 9.78. The highest BCUT2D eigenvalue weighted by Crippen LogP contribution is 2.36. The fraction of sp³-hybridized carbons (Fsp3) is 0.576. The fourth-order valence-electron chi connectivity index (χ4n) is 6.90. The Morgan fingerprint density at radius 2 is 1.65 bits per heavy atom. The molecule has 1 saturated carbocycles. The topological polar surface area (TPSA) is 119 Å². The maximum Gasteiger partial charge on any atom is 0.261 e. The second-order valence-corrected chi connectivity index (χ2v) is 14.3. The van der Waals surface area contributed by atoms with Gasteiger partial charge in [-0.2, -0.15) is 0 Å². The zero-order chi connectivity index (χ0) is 30.6. The largest absolute Gasteiger partial charge is 0.390 e. The highest BCUT2D eigenvalue weighted by atomic mass is 32.2. The van der Waals surface area contributed by atoms with E-state index < -0.39 is 27.7 Å². The summed E-state index contributed by atoms with van der Waals surface area (Å²) in [5, 5.41) is 14.1. The van der Waals surface area contributed by atoms with Crippen molar-refractivity contribution in [1.82, 2.24) is 15.1 Å². The minimum Gasteiger partial charge on any atom is -0.390 e. The molecular weight excluding hydrogens is 564 g/mol. The lowest BCUT2D eigenvalue weighted by Gasteiger charge is -2.52. The Bertz CT molecular complexity index is 1370. The molecule has 2 saturated heterocycles. The maximum absolute atomic E-state index is 13.8. The Hall–Kier alpha value is -2.95. The van der Waals surface area contributed by atoms with Gasteiger partial charge < -0.3 is 15.3 Å². The summed E-state index contributed by atoms with van der Waals surface area (Å²) in [5.41, 5.74) is 1.64. The van der Waals surface area contributed by atoms with E-state index >= 15 is 0 Å². The van der Waals surface area contributed by atoms with Crippen LogP contribution in [0, 0.1) is 12.8 Å². The van der Waals surface area contributed by atoms with E-state index in [4.69, 9.17) is 0 Å². The van der Waals surface area contributed by atoms with E-state index in [9.17, 15) is 23.1 Å². The van der Waals surface area contributed by atoms with Crippen LogP contribution in [0.1, 0.15) is 75.8 Å². The van der Waals surface area contributed by atoms with Gasteiger partial charge >= 0.3 is 0 Å². The number of benzene rings is 2. The zero-order valence-corrected chi connectivity index (χ0v) is 26.2.